The Balaban J connectivity index is 1.82. The third kappa shape index (κ3) is 3.33. The Labute approximate surface area is 120 Å². The Kier molecular flexibility index (Phi) is 4.46. The fourth-order valence-electron chi connectivity index (χ4n) is 2.28. The fraction of sp³-hybridized carbons (Fsp3) is 0.615. The lowest BCUT2D eigenvalue weighted by atomic mass is 9.88. The first kappa shape index (κ1) is 15.3. The number of carbonyl (C=O) groups is 3. The first-order valence-corrected chi connectivity index (χ1v) is 6.59. The van der Waals surface area contributed by atoms with E-state index in [4.69, 9.17) is 9.84 Å². The van der Waals surface area contributed by atoms with E-state index in [1.807, 2.05) is 0 Å². The van der Waals surface area contributed by atoms with Crippen LogP contribution in [0.25, 0.3) is 0 Å². The van der Waals surface area contributed by atoms with Crippen molar-refractivity contribution in [3.63, 3.8) is 0 Å². The van der Waals surface area contributed by atoms with Crippen molar-refractivity contribution in [1.29, 1.82) is 0 Å². The van der Waals surface area contributed by atoms with E-state index in [9.17, 15) is 24.6 Å². The summed E-state index contributed by atoms with van der Waals surface area (Å²) >= 11 is 0. The zero-order valence-electron chi connectivity index (χ0n) is 11.2. The number of Topliss-reactive ketones (excluding diaryl/α,β-unsaturated/α-hetero) is 1. The highest BCUT2D eigenvalue weighted by molar-refractivity contribution is 5.89. The van der Waals surface area contributed by atoms with E-state index >= 15 is 0 Å². The van der Waals surface area contributed by atoms with E-state index in [0.29, 0.717) is 25.7 Å². The van der Waals surface area contributed by atoms with Gasteiger partial charge in [-0.2, -0.15) is 0 Å². The van der Waals surface area contributed by atoms with Gasteiger partial charge in [-0.1, -0.05) is 0 Å². The predicted molar refractivity (Wildman–Crippen MR) is 66.1 cm³/mol. The molecular formula is C13H16O8. The molecule has 1 aliphatic heterocycles. The number of rotatable bonds is 4. The summed E-state index contributed by atoms with van der Waals surface area (Å²) in [5.41, 5.74) is 0. The van der Waals surface area contributed by atoms with Crippen LogP contribution in [0.1, 0.15) is 25.7 Å². The molecule has 2 aliphatic rings. The molecule has 3 N–H and O–H groups in total. The molecule has 8 nitrogen and oxygen atoms in total. The van der Waals surface area contributed by atoms with Crippen LogP contribution in [0, 0.1) is 5.92 Å². The SMILES string of the molecule is O=C1CCC(C(=O)OCC(O)C2OC(=O)C(O)=C2O)CC1. The maximum absolute atomic E-state index is 11.8. The second-order valence-corrected chi connectivity index (χ2v) is 5.07. The van der Waals surface area contributed by atoms with Gasteiger partial charge in [0.2, 0.25) is 5.76 Å². The minimum absolute atomic E-state index is 0.113. The Morgan fingerprint density at radius 2 is 1.90 bits per heavy atom. The van der Waals surface area contributed by atoms with Gasteiger partial charge in [-0.3, -0.25) is 9.59 Å². The van der Waals surface area contributed by atoms with Crippen LogP contribution in [0.15, 0.2) is 11.5 Å². The van der Waals surface area contributed by atoms with Crippen molar-refractivity contribution < 1.29 is 39.2 Å². The molecule has 116 valence electrons. The summed E-state index contributed by atoms with van der Waals surface area (Å²) in [6, 6.07) is 0. The first-order valence-electron chi connectivity index (χ1n) is 6.59. The van der Waals surface area contributed by atoms with Crippen LogP contribution in [0.2, 0.25) is 0 Å². The number of aliphatic hydroxyl groups excluding tert-OH is 3. The van der Waals surface area contributed by atoms with Gasteiger partial charge in [0, 0.05) is 12.8 Å². The number of hydrogen-bond acceptors (Lipinski definition) is 8. The van der Waals surface area contributed by atoms with Crippen molar-refractivity contribution in [3.8, 4) is 0 Å². The monoisotopic (exact) mass is 300 g/mol. The van der Waals surface area contributed by atoms with Gasteiger partial charge < -0.3 is 24.8 Å². The van der Waals surface area contributed by atoms with Crippen LogP contribution in [-0.4, -0.2) is 51.9 Å². The summed E-state index contributed by atoms with van der Waals surface area (Å²) in [5, 5.41) is 28.2. The van der Waals surface area contributed by atoms with Crippen LogP contribution < -0.4 is 0 Å². The number of hydrogen-bond donors (Lipinski definition) is 3. The van der Waals surface area contributed by atoms with Gasteiger partial charge in [0.1, 0.15) is 18.5 Å². The third-order valence-electron chi connectivity index (χ3n) is 3.56. The molecule has 1 fully saturated rings. The van der Waals surface area contributed by atoms with Crippen molar-refractivity contribution in [3.05, 3.63) is 11.5 Å². The number of carbonyl (C=O) groups excluding carboxylic acids is 3. The first-order chi connectivity index (χ1) is 9.90. The summed E-state index contributed by atoms with van der Waals surface area (Å²) in [5.74, 6) is -3.71. The van der Waals surface area contributed by atoms with Gasteiger partial charge in [-0.15, -0.1) is 0 Å². The van der Waals surface area contributed by atoms with Crippen molar-refractivity contribution in [2.75, 3.05) is 6.61 Å². The molecule has 0 spiro atoms. The topological polar surface area (TPSA) is 130 Å². The summed E-state index contributed by atoms with van der Waals surface area (Å²) < 4.78 is 9.44. The molecule has 2 unspecified atom stereocenters. The Morgan fingerprint density at radius 3 is 2.43 bits per heavy atom. The summed E-state index contributed by atoms with van der Waals surface area (Å²) in [4.78, 5) is 33.8. The fourth-order valence-corrected chi connectivity index (χ4v) is 2.28. The average Bonchev–Trinajstić information content (AvgIpc) is 2.73. The van der Waals surface area contributed by atoms with Gasteiger partial charge in [0.25, 0.3) is 0 Å². The molecule has 0 saturated heterocycles. The van der Waals surface area contributed by atoms with Crippen LogP contribution >= 0.6 is 0 Å². The third-order valence-corrected chi connectivity index (χ3v) is 3.56. The number of esters is 2. The molecule has 1 aliphatic carbocycles. The molecule has 0 aromatic heterocycles. The van der Waals surface area contributed by atoms with E-state index in [1.165, 1.54) is 0 Å². The van der Waals surface area contributed by atoms with Gasteiger partial charge in [0.15, 0.2) is 11.9 Å². The minimum Gasteiger partial charge on any atom is -0.505 e. The van der Waals surface area contributed by atoms with Gasteiger partial charge in [-0.25, -0.2) is 4.79 Å². The molecule has 0 aromatic rings. The smallest absolute Gasteiger partial charge is 0.377 e. The average molecular weight is 300 g/mol. The number of ketones is 1. The number of aliphatic hydroxyl groups is 3. The van der Waals surface area contributed by atoms with Gasteiger partial charge >= 0.3 is 11.9 Å². The predicted octanol–water partition coefficient (Wildman–Crippen LogP) is -0.0972. The van der Waals surface area contributed by atoms with E-state index in [-0.39, 0.29) is 5.78 Å². The zero-order chi connectivity index (χ0) is 15.6. The van der Waals surface area contributed by atoms with Crippen LogP contribution in [0.4, 0.5) is 0 Å². The summed E-state index contributed by atoms with van der Waals surface area (Å²) in [6.07, 6.45) is -1.43. The Bertz CT molecular complexity index is 484. The second kappa shape index (κ2) is 6.13. The molecule has 8 heteroatoms. The Hall–Kier alpha value is -2.09. The van der Waals surface area contributed by atoms with Crippen LogP contribution in [-0.2, 0) is 23.9 Å². The second-order valence-electron chi connectivity index (χ2n) is 5.07. The lowest BCUT2D eigenvalue weighted by Crippen LogP contribution is -2.35. The minimum atomic E-state index is -1.48. The van der Waals surface area contributed by atoms with Crippen molar-refractivity contribution in [1.82, 2.24) is 0 Å². The van der Waals surface area contributed by atoms with E-state index < -0.39 is 48.2 Å². The summed E-state index contributed by atoms with van der Waals surface area (Å²) in [6.45, 7) is -0.488. The van der Waals surface area contributed by atoms with Crippen LogP contribution in [0.3, 0.4) is 0 Å². The van der Waals surface area contributed by atoms with Crippen molar-refractivity contribution >= 4 is 17.7 Å². The standard InChI is InChI=1S/C13H16O8/c14-7-3-1-6(2-4-7)12(18)20-5-8(15)11-9(16)10(17)13(19)21-11/h6,8,11,15-17H,1-5H2. The lowest BCUT2D eigenvalue weighted by molar-refractivity contribution is -0.158. The maximum Gasteiger partial charge on any atom is 0.377 e. The highest BCUT2D eigenvalue weighted by atomic mass is 16.6. The Morgan fingerprint density at radius 1 is 1.29 bits per heavy atom. The molecule has 0 radical (unpaired) electrons. The molecule has 2 atom stereocenters. The van der Waals surface area contributed by atoms with Crippen LogP contribution in [0.5, 0.6) is 0 Å². The molecule has 2 rings (SSSR count). The molecule has 1 heterocycles. The van der Waals surface area contributed by atoms with Crippen molar-refractivity contribution in [2.24, 2.45) is 5.92 Å². The van der Waals surface area contributed by atoms with Crippen molar-refractivity contribution in [2.45, 2.75) is 37.9 Å². The zero-order valence-corrected chi connectivity index (χ0v) is 11.2. The number of cyclic esters (lactones) is 1. The normalized spacial score (nSPS) is 24.9. The quantitative estimate of drug-likeness (QED) is 0.614. The highest BCUT2D eigenvalue weighted by Crippen LogP contribution is 2.24. The van der Waals surface area contributed by atoms with E-state index in [1.54, 1.807) is 0 Å². The molecule has 21 heavy (non-hydrogen) atoms. The lowest BCUT2D eigenvalue weighted by Gasteiger charge is -2.21. The van der Waals surface area contributed by atoms with E-state index in [0.717, 1.165) is 0 Å². The molecule has 0 amide bonds. The maximum atomic E-state index is 11.8. The molecule has 0 bridgehead atoms. The molecule has 0 aromatic carbocycles. The number of ether oxygens (including phenoxy) is 2. The molecular weight excluding hydrogens is 284 g/mol. The van der Waals surface area contributed by atoms with Gasteiger partial charge in [0.05, 0.1) is 5.92 Å². The molecule has 1 saturated carbocycles. The van der Waals surface area contributed by atoms with E-state index in [2.05, 4.69) is 4.74 Å². The highest BCUT2D eigenvalue weighted by Gasteiger charge is 2.40. The largest absolute Gasteiger partial charge is 0.505 e. The summed E-state index contributed by atoms with van der Waals surface area (Å²) in [7, 11) is 0. The van der Waals surface area contributed by atoms with Gasteiger partial charge in [-0.05, 0) is 12.8 Å².